The molecule has 31 heavy (non-hydrogen) atoms. The van der Waals surface area contributed by atoms with Crippen LogP contribution in [0.2, 0.25) is 5.02 Å². The second-order valence-electron chi connectivity index (χ2n) is 7.23. The van der Waals surface area contributed by atoms with Crippen LogP contribution in [0, 0.1) is 6.92 Å². The molecule has 166 valence electrons. The van der Waals surface area contributed by atoms with Crippen molar-refractivity contribution >= 4 is 44.8 Å². The molecule has 0 radical (unpaired) electrons. The normalized spacial score (nSPS) is 14.2. The van der Waals surface area contributed by atoms with E-state index in [0.717, 1.165) is 16.1 Å². The minimum atomic E-state index is -3.74. The van der Waals surface area contributed by atoms with Gasteiger partial charge in [-0.05, 0) is 48.9 Å². The summed E-state index contributed by atoms with van der Waals surface area (Å²) in [6, 6.07) is 11.2. The molecule has 1 fully saturated rings. The maximum Gasteiger partial charge on any atom is 0.254 e. The number of anilines is 2. The lowest BCUT2D eigenvalue weighted by Gasteiger charge is -2.27. The van der Waals surface area contributed by atoms with Gasteiger partial charge in [0.2, 0.25) is 15.9 Å². The van der Waals surface area contributed by atoms with Crippen LogP contribution in [0.3, 0.4) is 0 Å². The van der Waals surface area contributed by atoms with Crippen molar-refractivity contribution in [3.8, 4) is 0 Å². The third kappa shape index (κ3) is 5.96. The molecule has 3 rings (SSSR count). The Labute approximate surface area is 186 Å². The Bertz CT molecular complexity index is 1070. The van der Waals surface area contributed by atoms with Crippen molar-refractivity contribution in [2.45, 2.75) is 6.92 Å². The van der Waals surface area contributed by atoms with Crippen molar-refractivity contribution in [3.63, 3.8) is 0 Å². The first-order valence-corrected chi connectivity index (χ1v) is 11.9. The molecule has 0 unspecified atom stereocenters. The molecule has 2 aromatic carbocycles. The van der Waals surface area contributed by atoms with E-state index in [2.05, 4.69) is 5.32 Å². The van der Waals surface area contributed by atoms with E-state index in [1.807, 2.05) is 6.92 Å². The summed E-state index contributed by atoms with van der Waals surface area (Å²) in [5, 5.41) is 3.15. The monoisotopic (exact) mass is 465 g/mol. The molecule has 1 saturated heterocycles. The van der Waals surface area contributed by atoms with Crippen LogP contribution in [0.15, 0.2) is 42.5 Å². The zero-order valence-corrected chi connectivity index (χ0v) is 18.9. The average Bonchev–Trinajstić information content (AvgIpc) is 2.74. The maximum absolute atomic E-state index is 12.6. The van der Waals surface area contributed by atoms with Crippen LogP contribution in [0.5, 0.6) is 0 Å². The minimum absolute atomic E-state index is 0.144. The van der Waals surface area contributed by atoms with Gasteiger partial charge in [-0.2, -0.15) is 0 Å². The molecule has 10 heteroatoms. The van der Waals surface area contributed by atoms with E-state index >= 15 is 0 Å². The fourth-order valence-electron chi connectivity index (χ4n) is 3.17. The predicted molar refractivity (Wildman–Crippen MR) is 120 cm³/mol. The molecule has 8 nitrogen and oxygen atoms in total. The number of sulfonamides is 1. The number of amides is 2. The summed E-state index contributed by atoms with van der Waals surface area (Å²) in [5.74, 6) is -0.654. The van der Waals surface area contributed by atoms with Crippen molar-refractivity contribution in [2.24, 2.45) is 0 Å². The van der Waals surface area contributed by atoms with Gasteiger partial charge in [-0.3, -0.25) is 13.9 Å². The second kappa shape index (κ2) is 9.67. The Balaban J connectivity index is 1.75. The van der Waals surface area contributed by atoms with Crippen LogP contribution in [0.4, 0.5) is 11.4 Å². The zero-order valence-electron chi connectivity index (χ0n) is 17.3. The highest BCUT2D eigenvalue weighted by Gasteiger charge is 2.23. The maximum atomic E-state index is 12.6. The van der Waals surface area contributed by atoms with E-state index < -0.39 is 22.5 Å². The van der Waals surface area contributed by atoms with Crippen LogP contribution in [-0.4, -0.2) is 64.2 Å². The van der Waals surface area contributed by atoms with Gasteiger partial charge in [-0.1, -0.05) is 17.7 Å². The Morgan fingerprint density at radius 2 is 1.77 bits per heavy atom. The molecule has 2 aromatic rings. The lowest BCUT2D eigenvalue weighted by atomic mass is 10.1. The van der Waals surface area contributed by atoms with E-state index in [4.69, 9.17) is 16.3 Å². The SMILES string of the molecule is Cc1ccc(Cl)cc1NC(=O)CN(c1ccc(C(=O)N2CCOCC2)cc1)S(C)(=O)=O. The van der Waals surface area contributed by atoms with Gasteiger partial charge in [-0.15, -0.1) is 0 Å². The Morgan fingerprint density at radius 1 is 1.13 bits per heavy atom. The van der Waals surface area contributed by atoms with Gasteiger partial charge in [-0.25, -0.2) is 8.42 Å². The molecule has 1 N–H and O–H groups in total. The lowest BCUT2D eigenvalue weighted by molar-refractivity contribution is -0.114. The first kappa shape index (κ1) is 23.1. The van der Waals surface area contributed by atoms with E-state index in [1.165, 1.54) is 12.1 Å². The van der Waals surface area contributed by atoms with Crippen LogP contribution in [-0.2, 0) is 19.6 Å². The Hall–Kier alpha value is -2.62. The summed E-state index contributed by atoms with van der Waals surface area (Å²) >= 11 is 5.98. The average molecular weight is 466 g/mol. The van der Waals surface area contributed by atoms with E-state index in [-0.39, 0.29) is 5.91 Å². The quantitative estimate of drug-likeness (QED) is 0.707. The summed E-state index contributed by atoms with van der Waals surface area (Å²) in [6.45, 7) is 3.41. The highest BCUT2D eigenvalue weighted by atomic mass is 35.5. The summed E-state index contributed by atoms with van der Waals surface area (Å²) < 4.78 is 30.9. The number of ether oxygens (including phenoxy) is 1. The molecule has 1 aliphatic heterocycles. The summed E-state index contributed by atoms with van der Waals surface area (Å²) in [4.78, 5) is 26.8. The van der Waals surface area contributed by atoms with Gasteiger partial charge < -0.3 is 15.0 Å². The van der Waals surface area contributed by atoms with Crippen molar-refractivity contribution < 1.29 is 22.7 Å². The fourth-order valence-corrected chi connectivity index (χ4v) is 4.20. The zero-order chi connectivity index (χ0) is 22.6. The molecule has 0 aliphatic carbocycles. The van der Waals surface area contributed by atoms with Crippen LogP contribution in [0.25, 0.3) is 0 Å². The first-order valence-electron chi connectivity index (χ1n) is 9.66. The van der Waals surface area contributed by atoms with E-state index in [9.17, 15) is 18.0 Å². The summed E-state index contributed by atoms with van der Waals surface area (Å²) in [6.07, 6.45) is 1.03. The van der Waals surface area contributed by atoms with Crippen molar-refractivity contribution in [1.29, 1.82) is 0 Å². The lowest BCUT2D eigenvalue weighted by Crippen LogP contribution is -2.40. The highest BCUT2D eigenvalue weighted by Crippen LogP contribution is 2.22. The molecular weight excluding hydrogens is 442 g/mol. The third-order valence-electron chi connectivity index (χ3n) is 4.86. The smallest absolute Gasteiger partial charge is 0.254 e. The number of nitrogens with one attached hydrogen (secondary N) is 1. The largest absolute Gasteiger partial charge is 0.378 e. The van der Waals surface area contributed by atoms with Crippen molar-refractivity contribution in [2.75, 3.05) is 48.7 Å². The number of aryl methyl sites for hydroxylation is 1. The Kier molecular flexibility index (Phi) is 7.19. The number of rotatable bonds is 6. The van der Waals surface area contributed by atoms with Crippen LogP contribution in [0.1, 0.15) is 15.9 Å². The number of carbonyl (C=O) groups is 2. The second-order valence-corrected chi connectivity index (χ2v) is 9.57. The number of carbonyl (C=O) groups excluding carboxylic acids is 2. The number of nitrogens with zero attached hydrogens (tertiary/aromatic N) is 2. The molecular formula is C21H24ClN3O5S. The van der Waals surface area contributed by atoms with Gasteiger partial charge >= 0.3 is 0 Å². The number of hydrogen-bond donors (Lipinski definition) is 1. The van der Waals surface area contributed by atoms with Crippen molar-refractivity contribution in [3.05, 3.63) is 58.6 Å². The molecule has 0 bridgehead atoms. The topological polar surface area (TPSA) is 96.0 Å². The molecule has 0 spiro atoms. The van der Waals surface area contributed by atoms with Gasteiger partial charge in [0, 0.05) is 29.4 Å². The number of halogens is 1. The van der Waals surface area contributed by atoms with Gasteiger partial charge in [0.05, 0.1) is 25.2 Å². The van der Waals surface area contributed by atoms with E-state index in [1.54, 1.807) is 35.2 Å². The molecule has 1 aliphatic rings. The minimum Gasteiger partial charge on any atom is -0.378 e. The summed E-state index contributed by atoms with van der Waals surface area (Å²) in [5.41, 5.74) is 2.05. The molecule has 2 amide bonds. The van der Waals surface area contributed by atoms with Crippen molar-refractivity contribution in [1.82, 2.24) is 4.90 Å². The summed E-state index contributed by atoms with van der Waals surface area (Å²) in [7, 11) is -3.74. The molecule has 1 heterocycles. The van der Waals surface area contributed by atoms with Crippen LogP contribution < -0.4 is 9.62 Å². The van der Waals surface area contributed by atoms with Gasteiger partial charge in [0.1, 0.15) is 6.54 Å². The third-order valence-corrected chi connectivity index (χ3v) is 6.24. The fraction of sp³-hybridized carbons (Fsp3) is 0.333. The number of benzene rings is 2. The number of hydrogen-bond acceptors (Lipinski definition) is 5. The first-order chi connectivity index (χ1) is 14.6. The highest BCUT2D eigenvalue weighted by molar-refractivity contribution is 7.92. The van der Waals surface area contributed by atoms with Crippen LogP contribution >= 0.6 is 11.6 Å². The predicted octanol–water partition coefficient (Wildman–Crippen LogP) is 2.53. The van der Waals surface area contributed by atoms with Gasteiger partial charge in [0.15, 0.2) is 0 Å². The van der Waals surface area contributed by atoms with Gasteiger partial charge in [0.25, 0.3) is 5.91 Å². The molecule has 0 aromatic heterocycles. The Morgan fingerprint density at radius 3 is 2.39 bits per heavy atom. The van der Waals surface area contributed by atoms with E-state index in [0.29, 0.717) is 48.3 Å². The molecule has 0 atom stereocenters. The number of morpholine rings is 1. The molecule has 0 saturated carbocycles. The standard InChI is InChI=1S/C21H24ClN3O5S/c1-15-3-6-17(22)13-19(15)23-20(26)14-25(31(2,28)29)18-7-4-16(5-8-18)21(27)24-9-11-30-12-10-24/h3-8,13H,9-12,14H2,1-2H3,(H,23,26).